The van der Waals surface area contributed by atoms with Crippen LogP contribution in [0.5, 0.6) is 17.2 Å². The van der Waals surface area contributed by atoms with E-state index in [4.69, 9.17) is 14.2 Å². The van der Waals surface area contributed by atoms with Crippen LogP contribution in [0.25, 0.3) is 0 Å². The van der Waals surface area contributed by atoms with Crippen LogP contribution >= 0.6 is 0 Å². The minimum Gasteiger partial charge on any atom is -0.493 e. The molecule has 24 heavy (non-hydrogen) atoms. The molecule has 0 heterocycles. The Morgan fingerprint density at radius 3 is 2.08 bits per heavy atom. The molecule has 2 rings (SSSR count). The molecule has 0 fully saturated rings. The number of halogens is 2. The standard InChI is InChI=1S/C17H18F2N2O3/c1-10(20-21-14-6-5-12(18)9-13(14)19)11-7-15(22-2)17(24-4)16(8-11)23-3/h5-9,21H,1-4H3. The lowest BCUT2D eigenvalue weighted by Crippen LogP contribution is -2.03. The first-order chi connectivity index (χ1) is 11.5. The number of nitrogens with one attached hydrogen (secondary N) is 1. The average molecular weight is 336 g/mol. The predicted molar refractivity (Wildman–Crippen MR) is 88.3 cm³/mol. The second-order valence-corrected chi connectivity index (χ2v) is 4.85. The average Bonchev–Trinajstić information content (AvgIpc) is 2.59. The maximum Gasteiger partial charge on any atom is 0.203 e. The summed E-state index contributed by atoms with van der Waals surface area (Å²) in [5, 5.41) is 4.11. The first-order valence-electron chi connectivity index (χ1n) is 7.06. The molecule has 0 aromatic heterocycles. The molecular weight excluding hydrogens is 318 g/mol. The van der Waals surface area contributed by atoms with Gasteiger partial charge in [-0.2, -0.15) is 5.10 Å². The molecule has 1 N–H and O–H groups in total. The number of hydrogen-bond acceptors (Lipinski definition) is 5. The van der Waals surface area contributed by atoms with Gasteiger partial charge in [0.05, 0.1) is 32.7 Å². The van der Waals surface area contributed by atoms with Crippen LogP contribution in [0.1, 0.15) is 12.5 Å². The largest absolute Gasteiger partial charge is 0.493 e. The van der Waals surface area contributed by atoms with Gasteiger partial charge in [0, 0.05) is 11.6 Å². The van der Waals surface area contributed by atoms with E-state index in [2.05, 4.69) is 10.5 Å². The van der Waals surface area contributed by atoms with Crippen LogP contribution in [0.4, 0.5) is 14.5 Å². The minimum atomic E-state index is -0.726. The van der Waals surface area contributed by atoms with E-state index in [0.717, 1.165) is 12.1 Å². The van der Waals surface area contributed by atoms with Gasteiger partial charge in [-0.05, 0) is 31.2 Å². The molecule has 2 aromatic rings. The third kappa shape index (κ3) is 3.73. The van der Waals surface area contributed by atoms with Crippen molar-refractivity contribution in [2.75, 3.05) is 26.8 Å². The predicted octanol–water partition coefficient (Wildman–Crippen LogP) is 3.83. The molecule has 0 aliphatic rings. The number of hydrogen-bond donors (Lipinski definition) is 1. The summed E-state index contributed by atoms with van der Waals surface area (Å²) in [5.41, 5.74) is 3.90. The van der Waals surface area contributed by atoms with Crippen molar-refractivity contribution in [2.45, 2.75) is 6.92 Å². The number of ether oxygens (including phenoxy) is 3. The molecule has 0 spiro atoms. The maximum absolute atomic E-state index is 13.6. The van der Waals surface area contributed by atoms with E-state index in [-0.39, 0.29) is 5.69 Å². The zero-order valence-corrected chi connectivity index (χ0v) is 13.8. The normalized spacial score (nSPS) is 11.2. The molecule has 0 atom stereocenters. The number of nitrogens with zero attached hydrogens (tertiary/aromatic N) is 1. The molecule has 0 aliphatic heterocycles. The van der Waals surface area contributed by atoms with Crippen LogP contribution in [0.2, 0.25) is 0 Å². The lowest BCUT2D eigenvalue weighted by atomic mass is 10.1. The molecule has 0 bridgehead atoms. The molecule has 2 aromatic carbocycles. The Morgan fingerprint density at radius 2 is 1.58 bits per heavy atom. The molecular formula is C17H18F2N2O3. The topological polar surface area (TPSA) is 52.1 Å². The molecule has 0 amide bonds. The fourth-order valence-electron chi connectivity index (χ4n) is 2.08. The van der Waals surface area contributed by atoms with Gasteiger partial charge >= 0.3 is 0 Å². The summed E-state index contributed by atoms with van der Waals surface area (Å²) in [6, 6.07) is 6.66. The van der Waals surface area contributed by atoms with E-state index in [9.17, 15) is 8.78 Å². The SMILES string of the molecule is COc1cc(C(C)=NNc2ccc(F)cc2F)cc(OC)c1OC. The monoisotopic (exact) mass is 336 g/mol. The number of methoxy groups -OCH3 is 3. The molecule has 0 saturated carbocycles. The summed E-state index contributed by atoms with van der Waals surface area (Å²) in [6.07, 6.45) is 0. The summed E-state index contributed by atoms with van der Waals surface area (Å²) in [6.45, 7) is 1.73. The van der Waals surface area contributed by atoms with Gasteiger partial charge in [-0.3, -0.25) is 5.43 Å². The van der Waals surface area contributed by atoms with E-state index < -0.39 is 11.6 Å². The first-order valence-corrected chi connectivity index (χ1v) is 7.06. The number of anilines is 1. The summed E-state index contributed by atoms with van der Waals surface area (Å²) < 4.78 is 42.3. The fraction of sp³-hybridized carbons (Fsp3) is 0.235. The Labute approximate surface area is 138 Å². The van der Waals surface area contributed by atoms with Crippen molar-refractivity contribution >= 4 is 11.4 Å². The zero-order valence-electron chi connectivity index (χ0n) is 13.8. The van der Waals surface area contributed by atoms with Crippen LogP contribution in [0.3, 0.4) is 0 Å². The summed E-state index contributed by atoms with van der Waals surface area (Å²) in [5.74, 6) is 0.0534. The molecule has 0 saturated heterocycles. The van der Waals surface area contributed by atoms with Crippen LogP contribution in [0.15, 0.2) is 35.4 Å². The smallest absolute Gasteiger partial charge is 0.203 e. The Balaban J connectivity index is 2.32. The minimum absolute atomic E-state index is 0.0724. The van der Waals surface area contributed by atoms with Gasteiger partial charge in [-0.25, -0.2) is 8.78 Å². The van der Waals surface area contributed by atoms with Gasteiger partial charge in [0.1, 0.15) is 5.82 Å². The second kappa shape index (κ2) is 7.63. The number of hydrazone groups is 1. The van der Waals surface area contributed by atoms with E-state index in [1.54, 1.807) is 19.1 Å². The van der Waals surface area contributed by atoms with Gasteiger partial charge < -0.3 is 14.2 Å². The van der Waals surface area contributed by atoms with Gasteiger partial charge in [0.2, 0.25) is 5.75 Å². The summed E-state index contributed by atoms with van der Waals surface area (Å²) in [4.78, 5) is 0. The number of rotatable bonds is 6. The van der Waals surface area contributed by atoms with E-state index >= 15 is 0 Å². The van der Waals surface area contributed by atoms with Crippen molar-refractivity contribution in [3.8, 4) is 17.2 Å². The van der Waals surface area contributed by atoms with Crippen molar-refractivity contribution in [2.24, 2.45) is 5.10 Å². The quantitative estimate of drug-likeness (QED) is 0.643. The van der Waals surface area contributed by atoms with E-state index in [0.29, 0.717) is 28.5 Å². The lowest BCUT2D eigenvalue weighted by molar-refractivity contribution is 0.324. The summed E-state index contributed by atoms with van der Waals surface area (Å²) in [7, 11) is 4.54. The maximum atomic E-state index is 13.6. The first kappa shape index (κ1) is 17.5. The highest BCUT2D eigenvalue weighted by molar-refractivity contribution is 6.00. The molecule has 7 heteroatoms. The zero-order chi connectivity index (χ0) is 17.7. The molecule has 5 nitrogen and oxygen atoms in total. The molecule has 128 valence electrons. The molecule has 0 aliphatic carbocycles. The molecule has 0 radical (unpaired) electrons. The van der Waals surface area contributed by atoms with Crippen LogP contribution in [-0.4, -0.2) is 27.0 Å². The third-order valence-electron chi connectivity index (χ3n) is 3.36. The fourth-order valence-corrected chi connectivity index (χ4v) is 2.08. The van der Waals surface area contributed by atoms with Crippen molar-refractivity contribution in [3.05, 3.63) is 47.5 Å². The van der Waals surface area contributed by atoms with Gasteiger partial charge in [0.15, 0.2) is 17.3 Å². The lowest BCUT2D eigenvalue weighted by Gasteiger charge is -2.14. The van der Waals surface area contributed by atoms with Crippen molar-refractivity contribution in [1.82, 2.24) is 0 Å². The van der Waals surface area contributed by atoms with Crippen LogP contribution < -0.4 is 19.6 Å². The van der Waals surface area contributed by atoms with Crippen molar-refractivity contribution in [1.29, 1.82) is 0 Å². The molecule has 0 unspecified atom stereocenters. The van der Waals surface area contributed by atoms with E-state index in [1.807, 2.05) is 0 Å². The Kier molecular flexibility index (Phi) is 5.57. The summed E-state index contributed by atoms with van der Waals surface area (Å²) >= 11 is 0. The highest BCUT2D eigenvalue weighted by atomic mass is 19.1. The van der Waals surface area contributed by atoms with Crippen molar-refractivity contribution in [3.63, 3.8) is 0 Å². The van der Waals surface area contributed by atoms with Gasteiger partial charge in [-0.15, -0.1) is 0 Å². The highest BCUT2D eigenvalue weighted by Crippen LogP contribution is 2.38. The highest BCUT2D eigenvalue weighted by Gasteiger charge is 2.14. The Bertz CT molecular complexity index is 738. The second-order valence-electron chi connectivity index (χ2n) is 4.85. The number of benzene rings is 2. The van der Waals surface area contributed by atoms with E-state index in [1.165, 1.54) is 27.4 Å². The van der Waals surface area contributed by atoms with Gasteiger partial charge in [0.25, 0.3) is 0 Å². The van der Waals surface area contributed by atoms with Gasteiger partial charge in [-0.1, -0.05) is 0 Å². The van der Waals surface area contributed by atoms with Crippen LogP contribution in [0, 0.1) is 11.6 Å². The van der Waals surface area contributed by atoms with Crippen molar-refractivity contribution < 1.29 is 23.0 Å². The Hall–Kier alpha value is -2.83. The third-order valence-corrected chi connectivity index (χ3v) is 3.36. The Morgan fingerprint density at radius 1 is 0.958 bits per heavy atom. The van der Waals surface area contributed by atoms with Crippen LogP contribution in [-0.2, 0) is 0 Å².